The number of sulfone groups is 1. The molecule has 2 aliphatic heterocycles. The van der Waals surface area contributed by atoms with Crippen LogP contribution in [0.4, 0.5) is 29.2 Å². The van der Waals surface area contributed by atoms with Gasteiger partial charge in [-0.25, -0.2) is 35.9 Å². The van der Waals surface area contributed by atoms with Gasteiger partial charge in [0.25, 0.3) is 12.3 Å². The smallest absolute Gasteiger partial charge is 0.280 e. The van der Waals surface area contributed by atoms with E-state index in [1.165, 1.54) is 12.1 Å². The normalized spacial score (nSPS) is 18.4. The standard InChI is InChI=1S/C28H23F4N5O5S/c1-14(34-28(38)16-8-18(29)17-12-41-13-24(30)43(39,40)23(17)9-16)20-10-21-15(11-33-20)2-5-25(35-21)37-6-7-42-22-4-3-19(26(31)32)36-27(22)37/h2-5,8-11,14,24,26H,6-7,12-13H2,1H3,(H,34,38)/t14-,24+/m0/s1. The zero-order chi connectivity index (χ0) is 30.5. The van der Waals surface area contributed by atoms with Crippen LogP contribution in [0.25, 0.3) is 10.9 Å². The molecular weight excluding hydrogens is 594 g/mol. The van der Waals surface area contributed by atoms with Crippen molar-refractivity contribution >= 4 is 38.3 Å². The summed E-state index contributed by atoms with van der Waals surface area (Å²) in [5, 5.41) is 3.31. The fraction of sp³-hybridized carbons (Fsp3) is 0.286. The molecule has 0 radical (unpaired) electrons. The number of carbonyl (C=O) groups is 1. The molecule has 1 amide bonds. The van der Waals surface area contributed by atoms with Gasteiger partial charge in [-0.1, -0.05) is 0 Å². The summed E-state index contributed by atoms with van der Waals surface area (Å²) in [6, 6.07) is 8.80. The van der Waals surface area contributed by atoms with Gasteiger partial charge in [0.1, 0.15) is 23.9 Å². The highest BCUT2D eigenvalue weighted by molar-refractivity contribution is 7.92. The number of amides is 1. The maximum absolute atomic E-state index is 14.8. The monoisotopic (exact) mass is 617 g/mol. The quantitative estimate of drug-likeness (QED) is 0.317. The Morgan fingerprint density at radius 3 is 2.72 bits per heavy atom. The summed E-state index contributed by atoms with van der Waals surface area (Å²) in [7, 11) is -4.57. The van der Waals surface area contributed by atoms with Crippen LogP contribution in [0, 0.1) is 5.82 Å². The predicted molar refractivity (Wildman–Crippen MR) is 145 cm³/mol. The van der Waals surface area contributed by atoms with E-state index in [0.717, 1.165) is 12.1 Å². The molecular formula is C28H23F4N5O5S. The SMILES string of the molecule is C[C@H](NC(=O)c1cc(F)c2c(c1)S(=O)(=O)[C@@H](F)COC2)c1cc2nc(N3CCOc4ccc(C(F)F)nc43)ccc2cn1. The Morgan fingerprint density at radius 2 is 1.93 bits per heavy atom. The second-order valence-electron chi connectivity index (χ2n) is 9.93. The van der Waals surface area contributed by atoms with E-state index in [4.69, 9.17) is 9.47 Å². The summed E-state index contributed by atoms with van der Waals surface area (Å²) in [5.41, 5.74) is -2.58. The number of alkyl halides is 3. The number of nitrogens with zero attached hydrogens (tertiary/aromatic N) is 4. The highest BCUT2D eigenvalue weighted by Crippen LogP contribution is 2.36. The molecule has 0 aliphatic carbocycles. The molecule has 0 saturated carbocycles. The van der Waals surface area contributed by atoms with Crippen LogP contribution in [-0.2, 0) is 21.2 Å². The lowest BCUT2D eigenvalue weighted by Gasteiger charge is -2.29. The molecule has 0 saturated heterocycles. The lowest BCUT2D eigenvalue weighted by Crippen LogP contribution is -2.30. The summed E-state index contributed by atoms with van der Waals surface area (Å²) in [5.74, 6) is -0.818. The zero-order valence-corrected chi connectivity index (χ0v) is 23.2. The first kappa shape index (κ1) is 28.7. The van der Waals surface area contributed by atoms with Crippen molar-refractivity contribution < 1.29 is 40.2 Å². The van der Waals surface area contributed by atoms with Gasteiger partial charge in [-0.15, -0.1) is 0 Å². The fourth-order valence-electron chi connectivity index (χ4n) is 4.83. The molecule has 0 bridgehead atoms. The molecule has 224 valence electrons. The maximum Gasteiger partial charge on any atom is 0.280 e. The average Bonchev–Trinajstić information content (AvgIpc) is 3.11. The van der Waals surface area contributed by atoms with Gasteiger partial charge < -0.3 is 19.7 Å². The number of nitrogens with one attached hydrogen (secondary N) is 1. The number of pyridine rings is 3. The van der Waals surface area contributed by atoms with Crippen molar-refractivity contribution in [2.24, 2.45) is 0 Å². The van der Waals surface area contributed by atoms with Crippen molar-refractivity contribution in [3.63, 3.8) is 0 Å². The molecule has 0 spiro atoms. The molecule has 1 aromatic carbocycles. The van der Waals surface area contributed by atoms with E-state index >= 15 is 0 Å². The van der Waals surface area contributed by atoms with Crippen molar-refractivity contribution in [2.75, 3.05) is 24.7 Å². The molecule has 5 heterocycles. The molecule has 4 aromatic rings. The highest BCUT2D eigenvalue weighted by atomic mass is 32.2. The van der Waals surface area contributed by atoms with E-state index in [1.807, 2.05) is 0 Å². The van der Waals surface area contributed by atoms with Crippen LogP contribution in [0.15, 0.2) is 53.6 Å². The van der Waals surface area contributed by atoms with Crippen LogP contribution in [0.5, 0.6) is 5.75 Å². The van der Waals surface area contributed by atoms with Gasteiger partial charge in [0.15, 0.2) is 11.6 Å². The number of rotatable bonds is 5. The number of fused-ring (bicyclic) bond motifs is 3. The highest BCUT2D eigenvalue weighted by Gasteiger charge is 2.35. The van der Waals surface area contributed by atoms with Gasteiger partial charge in [0.05, 0.1) is 41.9 Å². The largest absolute Gasteiger partial charge is 0.488 e. The van der Waals surface area contributed by atoms with Gasteiger partial charge in [-0.2, -0.15) is 0 Å². The third kappa shape index (κ3) is 5.33. The summed E-state index contributed by atoms with van der Waals surface area (Å²) < 4.78 is 91.3. The number of carbonyl (C=O) groups excluding carboxylic acids is 1. The number of benzene rings is 1. The summed E-state index contributed by atoms with van der Waals surface area (Å²) >= 11 is 0. The van der Waals surface area contributed by atoms with E-state index in [9.17, 15) is 30.8 Å². The number of hydrogen-bond donors (Lipinski definition) is 1. The van der Waals surface area contributed by atoms with Crippen LogP contribution in [0.2, 0.25) is 0 Å². The van der Waals surface area contributed by atoms with E-state index in [0.29, 0.717) is 34.7 Å². The van der Waals surface area contributed by atoms with Gasteiger partial charge in [-0.05, 0) is 49.4 Å². The third-order valence-corrected chi connectivity index (χ3v) is 8.90. The zero-order valence-electron chi connectivity index (χ0n) is 22.4. The van der Waals surface area contributed by atoms with Crippen LogP contribution in [-0.4, -0.2) is 54.5 Å². The summed E-state index contributed by atoms with van der Waals surface area (Å²) in [4.78, 5) is 27.2. The van der Waals surface area contributed by atoms with Crippen molar-refractivity contribution in [3.05, 3.63) is 77.0 Å². The second kappa shape index (κ2) is 11.0. The Labute approximate surface area is 242 Å². The minimum atomic E-state index is -4.57. The van der Waals surface area contributed by atoms with Gasteiger partial charge in [-0.3, -0.25) is 9.78 Å². The van der Waals surface area contributed by atoms with Gasteiger partial charge >= 0.3 is 0 Å². The maximum atomic E-state index is 14.8. The Kier molecular flexibility index (Phi) is 7.38. The first-order chi connectivity index (χ1) is 20.5. The lowest BCUT2D eigenvalue weighted by molar-refractivity contribution is 0.0931. The van der Waals surface area contributed by atoms with Crippen LogP contribution < -0.4 is 15.0 Å². The Hall–Kier alpha value is -4.37. The van der Waals surface area contributed by atoms with E-state index in [-0.39, 0.29) is 23.6 Å². The number of ether oxygens (including phenoxy) is 2. The van der Waals surface area contributed by atoms with Crippen LogP contribution in [0.3, 0.4) is 0 Å². The van der Waals surface area contributed by atoms with Crippen molar-refractivity contribution in [1.29, 1.82) is 0 Å². The summed E-state index contributed by atoms with van der Waals surface area (Å²) in [6.07, 6.45) is -1.22. The minimum absolute atomic E-state index is 0.214. The summed E-state index contributed by atoms with van der Waals surface area (Å²) in [6.45, 7) is 1.03. The molecule has 1 N–H and O–H groups in total. The number of hydrogen-bond acceptors (Lipinski definition) is 9. The number of halogens is 4. The number of anilines is 2. The lowest BCUT2D eigenvalue weighted by atomic mass is 10.1. The number of aromatic nitrogens is 3. The molecule has 3 aromatic heterocycles. The molecule has 0 unspecified atom stereocenters. The molecule has 43 heavy (non-hydrogen) atoms. The topological polar surface area (TPSA) is 124 Å². The van der Waals surface area contributed by atoms with Gasteiger partial charge in [0, 0.05) is 22.7 Å². The van der Waals surface area contributed by atoms with Crippen LogP contribution >= 0.6 is 0 Å². The molecule has 15 heteroatoms. The van der Waals surface area contributed by atoms with Gasteiger partial charge in [0.2, 0.25) is 15.3 Å². The van der Waals surface area contributed by atoms with Crippen molar-refractivity contribution in [1.82, 2.24) is 20.3 Å². The van der Waals surface area contributed by atoms with Crippen LogP contribution in [0.1, 0.15) is 46.7 Å². The molecule has 6 rings (SSSR count). The fourth-order valence-corrected chi connectivity index (χ4v) is 6.18. The van der Waals surface area contributed by atoms with Crippen molar-refractivity contribution in [3.8, 4) is 5.75 Å². The molecule has 10 nitrogen and oxygen atoms in total. The molecule has 0 fully saturated rings. The first-order valence-electron chi connectivity index (χ1n) is 13.1. The van der Waals surface area contributed by atoms with E-state index < -0.39 is 63.3 Å². The minimum Gasteiger partial charge on any atom is -0.488 e. The predicted octanol–water partition coefficient (Wildman–Crippen LogP) is 4.72. The molecule has 2 atom stereocenters. The average molecular weight is 618 g/mol. The second-order valence-corrected chi connectivity index (χ2v) is 12.0. The Bertz CT molecular complexity index is 1860. The first-order valence-corrected chi connectivity index (χ1v) is 14.6. The Balaban J connectivity index is 1.27. The Morgan fingerprint density at radius 1 is 1.12 bits per heavy atom. The van der Waals surface area contributed by atoms with Crippen molar-refractivity contribution in [2.45, 2.75) is 36.4 Å². The van der Waals surface area contributed by atoms with E-state index in [2.05, 4.69) is 20.3 Å². The molecule has 2 aliphatic rings. The van der Waals surface area contributed by atoms with E-state index in [1.54, 1.807) is 36.2 Å². The third-order valence-electron chi connectivity index (χ3n) is 7.12.